The number of hydrogen-bond acceptors (Lipinski definition) is 0. The SMILES string of the molecule is CC(C)C[c-]1cccc1.CC(C)C[c-]1cccc1.[I-].[I-].[Zr+2].c1ccc([CH-]c2ccccc2)cc1. The molecule has 0 radical (unpaired) electrons. The third-order valence-corrected chi connectivity index (χ3v) is 4.68. The maximum atomic E-state index is 2.24. The minimum Gasteiger partial charge on any atom is -1.00 e. The van der Waals surface area contributed by atoms with Gasteiger partial charge in [-0.1, -0.05) is 88.8 Å². The van der Waals surface area contributed by atoms with Gasteiger partial charge in [0.2, 0.25) is 0 Å². The molecule has 3 heteroatoms. The van der Waals surface area contributed by atoms with Gasteiger partial charge < -0.3 is 48.0 Å². The molecule has 0 nitrogen and oxygen atoms in total. The number of hydrogen-bond donors (Lipinski definition) is 0. The Morgan fingerprint density at radius 3 is 1.09 bits per heavy atom. The van der Waals surface area contributed by atoms with Gasteiger partial charge in [-0.3, -0.25) is 0 Å². The quantitative estimate of drug-likeness (QED) is 0.210. The van der Waals surface area contributed by atoms with Gasteiger partial charge in [-0.2, -0.15) is 35.4 Å². The summed E-state index contributed by atoms with van der Waals surface area (Å²) >= 11 is 0. The first kappa shape index (κ1) is 35.5. The average Bonchev–Trinajstić information content (AvgIpc) is 3.44. The molecule has 0 aliphatic carbocycles. The Labute approximate surface area is 261 Å². The molecule has 4 aromatic carbocycles. The van der Waals surface area contributed by atoms with E-state index in [9.17, 15) is 0 Å². The molecule has 0 saturated heterocycles. The number of rotatable bonds is 6. The van der Waals surface area contributed by atoms with Crippen molar-refractivity contribution in [3.63, 3.8) is 0 Å². The van der Waals surface area contributed by atoms with Gasteiger partial charge in [-0.05, 0) is 0 Å². The summed E-state index contributed by atoms with van der Waals surface area (Å²) in [6.45, 7) is 8.97. The van der Waals surface area contributed by atoms with E-state index in [-0.39, 0.29) is 74.2 Å². The van der Waals surface area contributed by atoms with E-state index in [1.54, 1.807) is 0 Å². The van der Waals surface area contributed by atoms with Crippen LogP contribution < -0.4 is 48.0 Å². The smallest absolute Gasteiger partial charge is 1.00 e. The van der Waals surface area contributed by atoms with E-state index in [0.29, 0.717) is 0 Å². The molecule has 0 aliphatic heterocycles. The Morgan fingerprint density at radius 2 is 0.824 bits per heavy atom. The summed E-state index contributed by atoms with van der Waals surface area (Å²) in [7, 11) is 0. The second-order valence-corrected chi connectivity index (χ2v) is 8.75. The van der Waals surface area contributed by atoms with E-state index < -0.39 is 0 Å². The standard InChI is InChI=1S/C13H11.2C9H13.2HI.Zr/c1-3-7-12(8-4-1)11-13-9-5-2-6-10-13;2*1-8(2)7-9-5-3-4-6-9;;;/h1-11H;2*3-6,8H,7H2,1-2H3;2*1H;/q3*-1;;;+2/p-2. The van der Waals surface area contributed by atoms with E-state index >= 15 is 0 Å². The van der Waals surface area contributed by atoms with Gasteiger partial charge in [0.15, 0.2) is 0 Å². The molecule has 0 aliphatic rings. The minimum absolute atomic E-state index is 0. The van der Waals surface area contributed by atoms with Crippen LogP contribution in [-0.4, -0.2) is 0 Å². The molecule has 0 aromatic heterocycles. The molecule has 0 unspecified atom stereocenters. The van der Waals surface area contributed by atoms with E-state index in [2.05, 4.69) is 131 Å². The monoisotopic (exact) mass is 753 g/mol. The second-order valence-electron chi connectivity index (χ2n) is 8.75. The summed E-state index contributed by atoms with van der Waals surface area (Å²) in [6.07, 6.45) is 4.60. The molecule has 0 amide bonds. The molecule has 0 N–H and O–H groups in total. The summed E-state index contributed by atoms with van der Waals surface area (Å²) in [5, 5.41) is 0. The van der Waals surface area contributed by atoms with E-state index in [1.165, 1.54) is 35.1 Å². The maximum absolute atomic E-state index is 2.24. The summed E-state index contributed by atoms with van der Waals surface area (Å²) in [6, 6.07) is 37.8. The predicted molar refractivity (Wildman–Crippen MR) is 137 cm³/mol. The Kier molecular flexibility index (Phi) is 22.6. The van der Waals surface area contributed by atoms with Crippen LogP contribution in [0.4, 0.5) is 0 Å². The normalized spacial score (nSPS) is 9.24. The molecule has 0 saturated carbocycles. The van der Waals surface area contributed by atoms with Crippen molar-refractivity contribution in [2.45, 2.75) is 40.5 Å². The van der Waals surface area contributed by atoms with Crippen LogP contribution >= 0.6 is 0 Å². The zero-order valence-corrected chi connectivity index (χ0v) is 27.6. The molecule has 4 aromatic rings. The van der Waals surface area contributed by atoms with Crippen molar-refractivity contribution in [3.8, 4) is 0 Å². The molecule has 4 rings (SSSR count). The molecule has 0 bridgehead atoms. The van der Waals surface area contributed by atoms with Gasteiger partial charge in [-0.15, -0.1) is 41.8 Å². The van der Waals surface area contributed by atoms with Crippen molar-refractivity contribution in [1.82, 2.24) is 0 Å². The Balaban J connectivity index is 0. The molecule has 0 fully saturated rings. The van der Waals surface area contributed by atoms with Gasteiger partial charge in [-0.25, -0.2) is 24.3 Å². The molecule has 0 spiro atoms. The first-order chi connectivity index (χ1) is 15.0. The van der Waals surface area contributed by atoms with Crippen LogP contribution in [0.25, 0.3) is 0 Å². The Morgan fingerprint density at radius 1 is 0.529 bits per heavy atom. The van der Waals surface area contributed by atoms with Crippen LogP contribution in [0.5, 0.6) is 0 Å². The van der Waals surface area contributed by atoms with E-state index in [0.717, 1.165) is 11.8 Å². The van der Waals surface area contributed by atoms with Gasteiger partial charge in [0, 0.05) is 0 Å². The number of halogens is 2. The third-order valence-electron chi connectivity index (χ3n) is 4.68. The van der Waals surface area contributed by atoms with Crippen LogP contribution in [0.3, 0.4) is 0 Å². The first-order valence-corrected chi connectivity index (χ1v) is 11.4. The minimum atomic E-state index is 0. The second kappa shape index (κ2) is 21.6. The van der Waals surface area contributed by atoms with Gasteiger partial charge >= 0.3 is 26.2 Å². The van der Waals surface area contributed by atoms with Crippen molar-refractivity contribution < 1.29 is 74.2 Å². The topological polar surface area (TPSA) is 0 Å². The zero-order chi connectivity index (χ0) is 22.3. The van der Waals surface area contributed by atoms with Crippen molar-refractivity contribution in [1.29, 1.82) is 0 Å². The predicted octanol–water partition coefficient (Wildman–Crippen LogP) is 2.50. The third kappa shape index (κ3) is 16.9. The van der Waals surface area contributed by atoms with Crippen molar-refractivity contribution in [2.75, 3.05) is 0 Å². The Hall–Kier alpha value is -0.647. The van der Waals surface area contributed by atoms with E-state index in [1.807, 2.05) is 12.1 Å². The molecule has 182 valence electrons. The van der Waals surface area contributed by atoms with Crippen LogP contribution in [0.2, 0.25) is 0 Å². The van der Waals surface area contributed by atoms with Crippen LogP contribution in [0.1, 0.15) is 49.9 Å². The van der Waals surface area contributed by atoms with Crippen LogP contribution in [-0.2, 0) is 39.0 Å². The Bertz CT molecular complexity index is 819. The number of benzene rings is 2. The molecule has 34 heavy (non-hydrogen) atoms. The van der Waals surface area contributed by atoms with Crippen LogP contribution in [0.15, 0.2) is 109 Å². The molecular weight excluding hydrogens is 717 g/mol. The van der Waals surface area contributed by atoms with Crippen molar-refractivity contribution in [2.24, 2.45) is 11.8 Å². The summed E-state index contributed by atoms with van der Waals surface area (Å²) < 4.78 is 0. The largest absolute Gasteiger partial charge is 2.00 e. The summed E-state index contributed by atoms with van der Waals surface area (Å²) in [5.74, 6) is 1.57. The van der Waals surface area contributed by atoms with Gasteiger partial charge in [0.25, 0.3) is 0 Å². The van der Waals surface area contributed by atoms with Gasteiger partial charge in [0.05, 0.1) is 0 Å². The summed E-state index contributed by atoms with van der Waals surface area (Å²) in [5.41, 5.74) is 5.41. The van der Waals surface area contributed by atoms with Gasteiger partial charge in [0.1, 0.15) is 0 Å². The average molecular weight is 755 g/mol. The van der Waals surface area contributed by atoms with Crippen molar-refractivity contribution in [3.05, 3.63) is 138 Å². The fourth-order valence-corrected chi connectivity index (χ4v) is 3.33. The molecule has 0 heterocycles. The zero-order valence-electron chi connectivity index (χ0n) is 20.8. The summed E-state index contributed by atoms with van der Waals surface area (Å²) in [4.78, 5) is 0. The first-order valence-electron chi connectivity index (χ1n) is 11.4. The van der Waals surface area contributed by atoms with E-state index in [4.69, 9.17) is 0 Å². The van der Waals surface area contributed by atoms with Crippen molar-refractivity contribution >= 4 is 0 Å². The maximum Gasteiger partial charge on any atom is 2.00 e. The molecular formula is C31H37I2Zr-3. The van der Waals surface area contributed by atoms with Crippen LogP contribution in [0, 0.1) is 18.3 Å². The fourth-order valence-electron chi connectivity index (χ4n) is 3.33. The fraction of sp³-hybridized carbons (Fsp3) is 0.258. The molecule has 0 atom stereocenters.